The van der Waals surface area contributed by atoms with Crippen LogP contribution in [-0.2, 0) is 10.0 Å². The van der Waals surface area contributed by atoms with E-state index in [4.69, 9.17) is 5.73 Å². The van der Waals surface area contributed by atoms with Crippen LogP contribution in [0.25, 0.3) is 0 Å². The minimum atomic E-state index is -3.51. The molecular weight excluding hydrogens is 264 g/mol. The van der Waals surface area contributed by atoms with E-state index in [1.54, 1.807) is 13.0 Å². The topological polar surface area (TPSA) is 80.5 Å². The Morgan fingerprint density at radius 2 is 1.84 bits per heavy atom. The highest BCUT2D eigenvalue weighted by Crippen LogP contribution is 2.22. The Morgan fingerprint density at radius 3 is 2.42 bits per heavy atom. The van der Waals surface area contributed by atoms with E-state index in [1.165, 1.54) is 16.4 Å². The second-order valence-electron chi connectivity index (χ2n) is 4.81. The lowest BCUT2D eigenvalue weighted by molar-refractivity contribution is 0.0999. The number of amides is 1. The van der Waals surface area contributed by atoms with E-state index < -0.39 is 15.9 Å². The van der Waals surface area contributed by atoms with Gasteiger partial charge in [-0.05, 0) is 37.5 Å². The highest BCUT2D eigenvalue weighted by molar-refractivity contribution is 7.89. The molecule has 19 heavy (non-hydrogen) atoms. The molecular formula is C13H18N2O3S. The normalized spacial score (nSPS) is 17.3. The summed E-state index contributed by atoms with van der Waals surface area (Å²) in [6, 6.07) is 4.53. The first kappa shape index (κ1) is 14.0. The molecule has 1 aromatic carbocycles. The molecule has 2 N–H and O–H groups in total. The summed E-state index contributed by atoms with van der Waals surface area (Å²) in [7, 11) is -3.51. The Labute approximate surface area is 113 Å². The van der Waals surface area contributed by atoms with Crippen molar-refractivity contribution in [1.82, 2.24) is 4.31 Å². The highest BCUT2D eigenvalue weighted by Gasteiger charge is 2.26. The van der Waals surface area contributed by atoms with Gasteiger partial charge in [0.15, 0.2) is 0 Å². The Balaban J connectivity index is 2.40. The Bertz CT molecular complexity index is 590. The summed E-state index contributed by atoms with van der Waals surface area (Å²) >= 11 is 0. The zero-order chi connectivity index (χ0) is 14.0. The van der Waals surface area contributed by atoms with Crippen molar-refractivity contribution in [3.05, 3.63) is 29.3 Å². The van der Waals surface area contributed by atoms with Gasteiger partial charge in [0, 0.05) is 18.7 Å². The van der Waals surface area contributed by atoms with Crippen molar-refractivity contribution >= 4 is 15.9 Å². The van der Waals surface area contributed by atoms with Gasteiger partial charge in [-0.25, -0.2) is 8.42 Å². The summed E-state index contributed by atoms with van der Waals surface area (Å²) in [5, 5.41) is 0. The third-order valence-electron chi connectivity index (χ3n) is 3.43. The number of nitrogens with zero attached hydrogens (tertiary/aromatic N) is 1. The van der Waals surface area contributed by atoms with E-state index in [1.807, 2.05) is 0 Å². The number of nitrogens with two attached hydrogens (primary N) is 1. The molecule has 0 aliphatic carbocycles. The van der Waals surface area contributed by atoms with Gasteiger partial charge in [0.25, 0.3) is 0 Å². The number of benzene rings is 1. The molecule has 1 aliphatic heterocycles. The van der Waals surface area contributed by atoms with Crippen LogP contribution in [0.15, 0.2) is 23.1 Å². The number of aryl methyl sites for hydroxylation is 1. The highest BCUT2D eigenvalue weighted by atomic mass is 32.2. The molecule has 0 spiro atoms. The maximum absolute atomic E-state index is 12.4. The smallest absolute Gasteiger partial charge is 0.249 e. The zero-order valence-corrected chi connectivity index (χ0v) is 11.7. The molecule has 1 aromatic rings. The number of sulfonamides is 1. The fourth-order valence-electron chi connectivity index (χ4n) is 2.28. The molecule has 0 atom stereocenters. The molecule has 0 aromatic heterocycles. The van der Waals surface area contributed by atoms with Gasteiger partial charge in [0.1, 0.15) is 0 Å². The van der Waals surface area contributed by atoms with Crippen LogP contribution in [0.5, 0.6) is 0 Å². The molecule has 1 amide bonds. The molecule has 0 unspecified atom stereocenters. The van der Waals surface area contributed by atoms with E-state index >= 15 is 0 Å². The van der Waals surface area contributed by atoms with Gasteiger partial charge >= 0.3 is 0 Å². The van der Waals surface area contributed by atoms with Crippen LogP contribution in [0.4, 0.5) is 0 Å². The second kappa shape index (κ2) is 5.30. The SMILES string of the molecule is Cc1ccc(S(=O)(=O)N2CCCCC2)cc1C(N)=O. The lowest BCUT2D eigenvalue weighted by atomic mass is 10.1. The number of carbonyl (C=O) groups excluding carboxylic acids is 1. The number of hydrogen-bond donors (Lipinski definition) is 1. The molecule has 0 radical (unpaired) electrons. The van der Waals surface area contributed by atoms with Crippen LogP contribution in [-0.4, -0.2) is 31.7 Å². The monoisotopic (exact) mass is 282 g/mol. The van der Waals surface area contributed by atoms with Crippen molar-refractivity contribution in [2.45, 2.75) is 31.1 Å². The lowest BCUT2D eigenvalue weighted by Gasteiger charge is -2.26. The minimum Gasteiger partial charge on any atom is -0.366 e. The van der Waals surface area contributed by atoms with E-state index in [9.17, 15) is 13.2 Å². The fraction of sp³-hybridized carbons (Fsp3) is 0.462. The molecule has 1 aliphatic rings. The number of carbonyl (C=O) groups is 1. The summed E-state index contributed by atoms with van der Waals surface area (Å²) in [6.45, 7) is 2.82. The zero-order valence-electron chi connectivity index (χ0n) is 10.9. The first-order valence-corrected chi connectivity index (χ1v) is 7.77. The summed E-state index contributed by atoms with van der Waals surface area (Å²) in [6.07, 6.45) is 2.83. The third-order valence-corrected chi connectivity index (χ3v) is 5.32. The van der Waals surface area contributed by atoms with Gasteiger partial charge in [-0.15, -0.1) is 0 Å². The van der Waals surface area contributed by atoms with Crippen molar-refractivity contribution in [2.24, 2.45) is 5.73 Å². The standard InChI is InChI=1S/C13H18N2O3S/c1-10-5-6-11(9-12(10)13(14)16)19(17,18)15-7-3-2-4-8-15/h5-6,9H,2-4,7-8H2,1H3,(H2,14,16). The van der Waals surface area contributed by atoms with Gasteiger partial charge in [-0.1, -0.05) is 12.5 Å². The fourth-order valence-corrected chi connectivity index (χ4v) is 3.83. The molecule has 1 saturated heterocycles. The second-order valence-corrected chi connectivity index (χ2v) is 6.74. The van der Waals surface area contributed by atoms with Gasteiger partial charge in [0.2, 0.25) is 15.9 Å². The predicted molar refractivity (Wildman–Crippen MR) is 72.3 cm³/mol. The largest absolute Gasteiger partial charge is 0.366 e. The maximum Gasteiger partial charge on any atom is 0.249 e. The summed E-state index contributed by atoms with van der Waals surface area (Å²) < 4.78 is 26.4. The van der Waals surface area contributed by atoms with Crippen molar-refractivity contribution in [2.75, 3.05) is 13.1 Å². The number of primary amides is 1. The molecule has 6 heteroatoms. The Hall–Kier alpha value is -1.40. The number of rotatable bonds is 3. The van der Waals surface area contributed by atoms with E-state index in [-0.39, 0.29) is 10.5 Å². The first-order valence-electron chi connectivity index (χ1n) is 6.33. The molecule has 0 saturated carbocycles. The molecule has 2 rings (SSSR count). The van der Waals surface area contributed by atoms with Crippen LogP contribution >= 0.6 is 0 Å². The molecule has 1 heterocycles. The molecule has 0 bridgehead atoms. The minimum absolute atomic E-state index is 0.147. The van der Waals surface area contributed by atoms with Crippen molar-refractivity contribution in [1.29, 1.82) is 0 Å². The van der Waals surface area contributed by atoms with Crippen LogP contribution < -0.4 is 5.73 Å². The quantitative estimate of drug-likeness (QED) is 0.906. The lowest BCUT2D eigenvalue weighted by Crippen LogP contribution is -2.35. The number of hydrogen-bond acceptors (Lipinski definition) is 3. The van der Waals surface area contributed by atoms with E-state index in [0.29, 0.717) is 18.7 Å². The summed E-state index contributed by atoms with van der Waals surface area (Å²) in [5.74, 6) is -0.604. The van der Waals surface area contributed by atoms with E-state index in [2.05, 4.69) is 0 Å². The van der Waals surface area contributed by atoms with Crippen LogP contribution in [0.2, 0.25) is 0 Å². The van der Waals surface area contributed by atoms with Gasteiger partial charge in [0.05, 0.1) is 4.90 Å². The third kappa shape index (κ3) is 2.79. The van der Waals surface area contributed by atoms with Crippen molar-refractivity contribution in [3.8, 4) is 0 Å². The van der Waals surface area contributed by atoms with Gasteiger partial charge in [-0.2, -0.15) is 4.31 Å². The Kier molecular flexibility index (Phi) is 3.91. The van der Waals surface area contributed by atoms with Crippen LogP contribution in [0.1, 0.15) is 35.2 Å². The molecule has 1 fully saturated rings. The maximum atomic E-state index is 12.4. The van der Waals surface area contributed by atoms with E-state index in [0.717, 1.165) is 19.3 Å². The summed E-state index contributed by atoms with van der Waals surface area (Å²) in [4.78, 5) is 11.4. The van der Waals surface area contributed by atoms with Crippen molar-refractivity contribution < 1.29 is 13.2 Å². The average molecular weight is 282 g/mol. The summed E-state index contributed by atoms with van der Waals surface area (Å²) in [5.41, 5.74) is 6.21. The molecule has 104 valence electrons. The van der Waals surface area contributed by atoms with Crippen LogP contribution in [0, 0.1) is 6.92 Å². The van der Waals surface area contributed by atoms with Gasteiger partial charge in [-0.3, -0.25) is 4.79 Å². The van der Waals surface area contributed by atoms with Gasteiger partial charge < -0.3 is 5.73 Å². The Morgan fingerprint density at radius 1 is 1.21 bits per heavy atom. The first-order chi connectivity index (χ1) is 8.93. The predicted octanol–water partition coefficient (Wildman–Crippen LogP) is 1.27. The average Bonchev–Trinajstić information content (AvgIpc) is 2.39. The molecule has 5 nitrogen and oxygen atoms in total. The van der Waals surface area contributed by atoms with Crippen LogP contribution in [0.3, 0.4) is 0 Å². The number of piperidine rings is 1. The van der Waals surface area contributed by atoms with Crippen molar-refractivity contribution in [3.63, 3.8) is 0 Å².